The molecule has 1 saturated carbocycles. The molecule has 0 radical (unpaired) electrons. The largest absolute Gasteiger partial charge is 0.310 e. The molecule has 2 nitrogen and oxygen atoms in total. The Morgan fingerprint density at radius 1 is 1.24 bits per heavy atom. The van der Waals surface area contributed by atoms with Crippen LogP contribution in [0, 0.1) is 5.92 Å². The Morgan fingerprint density at radius 2 is 1.90 bits per heavy atom. The van der Waals surface area contributed by atoms with Crippen molar-refractivity contribution in [3.63, 3.8) is 0 Å². The molecule has 1 aromatic carbocycles. The van der Waals surface area contributed by atoms with Crippen LogP contribution < -0.4 is 5.32 Å². The van der Waals surface area contributed by atoms with Gasteiger partial charge < -0.3 is 10.2 Å². The highest BCUT2D eigenvalue weighted by Gasteiger charge is 2.17. The Balaban J connectivity index is 1.82. The predicted molar refractivity (Wildman–Crippen MR) is 94.6 cm³/mol. The first kappa shape index (κ1) is 17.0. The maximum atomic E-state index is 3.63. The highest BCUT2D eigenvalue weighted by molar-refractivity contribution is 9.10. The van der Waals surface area contributed by atoms with E-state index in [9.17, 15) is 0 Å². The molecule has 0 heterocycles. The molecule has 2 rings (SSSR count). The second kappa shape index (κ2) is 8.92. The Morgan fingerprint density at radius 3 is 2.52 bits per heavy atom. The van der Waals surface area contributed by atoms with E-state index in [1.807, 2.05) is 0 Å². The summed E-state index contributed by atoms with van der Waals surface area (Å²) in [5, 5.41) is 3.63. The van der Waals surface area contributed by atoms with Gasteiger partial charge in [-0.2, -0.15) is 0 Å². The lowest BCUT2D eigenvalue weighted by molar-refractivity contribution is 0.263. The third-order valence-corrected chi connectivity index (χ3v) is 5.10. The quantitative estimate of drug-likeness (QED) is 0.734. The lowest BCUT2D eigenvalue weighted by Crippen LogP contribution is -2.30. The van der Waals surface area contributed by atoms with E-state index in [1.54, 1.807) is 0 Å². The molecule has 1 aliphatic carbocycles. The minimum Gasteiger partial charge on any atom is -0.310 e. The van der Waals surface area contributed by atoms with Crippen molar-refractivity contribution in [2.75, 3.05) is 26.7 Å². The van der Waals surface area contributed by atoms with Crippen molar-refractivity contribution in [2.45, 2.75) is 45.1 Å². The fourth-order valence-electron chi connectivity index (χ4n) is 3.40. The third kappa shape index (κ3) is 5.72. The van der Waals surface area contributed by atoms with Gasteiger partial charge in [-0.3, -0.25) is 0 Å². The van der Waals surface area contributed by atoms with Crippen molar-refractivity contribution >= 4 is 15.9 Å². The van der Waals surface area contributed by atoms with E-state index in [2.05, 4.69) is 64.4 Å². The highest BCUT2D eigenvalue weighted by atomic mass is 79.9. The summed E-state index contributed by atoms with van der Waals surface area (Å²) in [4.78, 5) is 2.53. The summed E-state index contributed by atoms with van der Waals surface area (Å²) in [5.41, 5.74) is 1.40. The molecule has 0 spiro atoms. The molecule has 3 heteroatoms. The maximum Gasteiger partial charge on any atom is 0.0332 e. The van der Waals surface area contributed by atoms with Gasteiger partial charge in [0.05, 0.1) is 0 Å². The number of nitrogens with zero attached hydrogens (tertiary/aromatic N) is 1. The summed E-state index contributed by atoms with van der Waals surface area (Å²) < 4.78 is 1.15. The second-order valence-electron chi connectivity index (χ2n) is 6.36. The molecule has 1 N–H and O–H groups in total. The summed E-state index contributed by atoms with van der Waals surface area (Å²) in [7, 11) is 2.28. The number of hydrogen-bond donors (Lipinski definition) is 1. The SMILES string of the molecule is CCNC(CCN(C)CC1CCCC1)c1ccc(Br)cc1. The zero-order chi connectivity index (χ0) is 15.1. The Hall–Kier alpha value is -0.380. The number of halogens is 1. The second-order valence-corrected chi connectivity index (χ2v) is 7.28. The number of nitrogens with one attached hydrogen (secondary N) is 1. The van der Waals surface area contributed by atoms with Crippen LogP contribution in [0.2, 0.25) is 0 Å². The van der Waals surface area contributed by atoms with Crippen LogP contribution in [-0.4, -0.2) is 31.6 Å². The van der Waals surface area contributed by atoms with Crippen LogP contribution in [0.4, 0.5) is 0 Å². The molecule has 118 valence electrons. The molecule has 0 saturated heterocycles. The van der Waals surface area contributed by atoms with E-state index < -0.39 is 0 Å². The number of benzene rings is 1. The zero-order valence-electron chi connectivity index (χ0n) is 13.4. The summed E-state index contributed by atoms with van der Waals surface area (Å²) in [5.74, 6) is 0.945. The minimum absolute atomic E-state index is 0.467. The van der Waals surface area contributed by atoms with Gasteiger partial charge in [0.25, 0.3) is 0 Å². The van der Waals surface area contributed by atoms with Crippen LogP contribution in [0.25, 0.3) is 0 Å². The molecule has 0 amide bonds. The Bertz CT molecular complexity index is 398. The number of hydrogen-bond acceptors (Lipinski definition) is 2. The summed E-state index contributed by atoms with van der Waals surface area (Å²) in [6.45, 7) is 5.66. The molecule has 1 fully saturated rings. The monoisotopic (exact) mass is 352 g/mol. The van der Waals surface area contributed by atoms with Gasteiger partial charge in [0.15, 0.2) is 0 Å². The van der Waals surface area contributed by atoms with E-state index in [0.29, 0.717) is 6.04 Å². The van der Waals surface area contributed by atoms with Gasteiger partial charge in [0.2, 0.25) is 0 Å². The van der Waals surface area contributed by atoms with E-state index in [1.165, 1.54) is 50.8 Å². The lowest BCUT2D eigenvalue weighted by Gasteiger charge is -2.24. The normalized spacial score (nSPS) is 17.5. The van der Waals surface area contributed by atoms with Crippen LogP contribution >= 0.6 is 15.9 Å². The summed E-state index contributed by atoms with van der Waals surface area (Å²) in [6, 6.07) is 9.21. The van der Waals surface area contributed by atoms with Crippen LogP contribution in [0.1, 0.15) is 50.6 Å². The van der Waals surface area contributed by atoms with Gasteiger partial charge in [-0.15, -0.1) is 0 Å². The first-order valence-corrected chi connectivity index (χ1v) is 9.15. The van der Waals surface area contributed by atoms with Crippen LogP contribution in [0.5, 0.6) is 0 Å². The molecule has 1 aliphatic rings. The van der Waals surface area contributed by atoms with E-state index in [4.69, 9.17) is 0 Å². The van der Waals surface area contributed by atoms with Crippen molar-refractivity contribution in [3.8, 4) is 0 Å². The molecular formula is C18H29BrN2. The molecule has 21 heavy (non-hydrogen) atoms. The maximum absolute atomic E-state index is 3.63. The van der Waals surface area contributed by atoms with Crippen molar-refractivity contribution in [3.05, 3.63) is 34.3 Å². The molecule has 0 aromatic heterocycles. The van der Waals surface area contributed by atoms with Crippen molar-refractivity contribution in [1.82, 2.24) is 10.2 Å². The average Bonchev–Trinajstić information content (AvgIpc) is 2.97. The van der Waals surface area contributed by atoms with E-state index in [0.717, 1.165) is 16.9 Å². The molecular weight excluding hydrogens is 324 g/mol. The standard InChI is InChI=1S/C18H29BrN2/c1-3-20-18(16-8-10-17(19)11-9-16)12-13-21(2)14-15-6-4-5-7-15/h8-11,15,18,20H,3-7,12-14H2,1-2H3. The van der Waals surface area contributed by atoms with Gasteiger partial charge in [-0.1, -0.05) is 47.8 Å². The Labute approximate surface area is 138 Å². The minimum atomic E-state index is 0.467. The molecule has 0 aliphatic heterocycles. The summed E-state index contributed by atoms with van der Waals surface area (Å²) >= 11 is 3.52. The van der Waals surface area contributed by atoms with Gasteiger partial charge in [-0.25, -0.2) is 0 Å². The molecule has 1 atom stereocenters. The van der Waals surface area contributed by atoms with Crippen LogP contribution in [0.15, 0.2) is 28.7 Å². The fraction of sp³-hybridized carbons (Fsp3) is 0.667. The lowest BCUT2D eigenvalue weighted by atomic mass is 10.0. The fourth-order valence-corrected chi connectivity index (χ4v) is 3.67. The highest BCUT2D eigenvalue weighted by Crippen LogP contribution is 2.26. The van der Waals surface area contributed by atoms with Crippen LogP contribution in [-0.2, 0) is 0 Å². The zero-order valence-corrected chi connectivity index (χ0v) is 15.0. The first-order valence-electron chi connectivity index (χ1n) is 8.36. The van der Waals surface area contributed by atoms with Crippen LogP contribution in [0.3, 0.4) is 0 Å². The summed E-state index contributed by atoms with van der Waals surface area (Å²) in [6.07, 6.45) is 6.94. The molecule has 1 unspecified atom stereocenters. The smallest absolute Gasteiger partial charge is 0.0332 e. The number of rotatable bonds is 8. The first-order chi connectivity index (χ1) is 10.2. The Kier molecular flexibility index (Phi) is 7.21. The third-order valence-electron chi connectivity index (χ3n) is 4.57. The van der Waals surface area contributed by atoms with Gasteiger partial charge >= 0.3 is 0 Å². The molecule has 0 bridgehead atoms. The van der Waals surface area contributed by atoms with Crippen molar-refractivity contribution < 1.29 is 0 Å². The van der Waals surface area contributed by atoms with Gasteiger partial charge in [0, 0.05) is 17.1 Å². The van der Waals surface area contributed by atoms with Crippen molar-refractivity contribution in [2.24, 2.45) is 5.92 Å². The van der Waals surface area contributed by atoms with E-state index in [-0.39, 0.29) is 0 Å². The van der Waals surface area contributed by atoms with Crippen molar-refractivity contribution in [1.29, 1.82) is 0 Å². The molecule has 1 aromatic rings. The topological polar surface area (TPSA) is 15.3 Å². The average molecular weight is 353 g/mol. The predicted octanol–water partition coefficient (Wildman–Crippen LogP) is 4.61. The van der Waals surface area contributed by atoms with E-state index >= 15 is 0 Å². The van der Waals surface area contributed by atoms with Gasteiger partial charge in [-0.05, 0) is 63.0 Å². The van der Waals surface area contributed by atoms with Gasteiger partial charge in [0.1, 0.15) is 0 Å².